The Hall–Kier alpha value is -2.51. The topological polar surface area (TPSA) is 101 Å². The first-order chi connectivity index (χ1) is 9.81. The maximum Gasteiger partial charge on any atom is 0.306 e. The molecule has 1 saturated heterocycles. The average Bonchev–Trinajstić information content (AvgIpc) is 2.36. The Morgan fingerprint density at radius 2 is 2.10 bits per heavy atom. The van der Waals surface area contributed by atoms with Crippen molar-refractivity contribution in [1.82, 2.24) is 4.90 Å². The van der Waals surface area contributed by atoms with Gasteiger partial charge < -0.3 is 10.0 Å². The van der Waals surface area contributed by atoms with E-state index in [9.17, 15) is 24.1 Å². The number of aliphatic carboxylic acids is 1. The number of carboxylic acids is 1. The Balaban J connectivity index is 2.11. The van der Waals surface area contributed by atoms with E-state index in [0.29, 0.717) is 0 Å². The summed E-state index contributed by atoms with van der Waals surface area (Å²) in [5.41, 5.74) is -0.735. The Bertz CT molecular complexity index is 613. The molecule has 1 aromatic rings. The third-order valence-corrected chi connectivity index (χ3v) is 3.68. The fourth-order valence-electron chi connectivity index (χ4n) is 2.16. The van der Waals surface area contributed by atoms with Crippen molar-refractivity contribution in [1.29, 1.82) is 0 Å². The highest BCUT2D eigenvalue weighted by atomic mass is 19.1. The minimum absolute atomic E-state index is 0.187. The third-order valence-electron chi connectivity index (χ3n) is 3.68. The molecule has 1 N–H and O–H groups in total. The van der Waals surface area contributed by atoms with Crippen LogP contribution in [0, 0.1) is 27.8 Å². The lowest BCUT2D eigenvalue weighted by molar-refractivity contribution is -0.384. The maximum atomic E-state index is 13.6. The van der Waals surface area contributed by atoms with E-state index >= 15 is 0 Å². The number of carboxylic acid groups (broad SMARTS) is 1. The number of carbonyl (C=O) groups is 2. The molecule has 1 fully saturated rings. The van der Waals surface area contributed by atoms with Crippen LogP contribution >= 0.6 is 0 Å². The van der Waals surface area contributed by atoms with Gasteiger partial charge in [-0.25, -0.2) is 4.39 Å². The van der Waals surface area contributed by atoms with E-state index in [2.05, 4.69) is 0 Å². The van der Waals surface area contributed by atoms with Crippen molar-refractivity contribution in [3.05, 3.63) is 39.7 Å². The number of rotatable bonds is 4. The number of nitro groups is 1. The van der Waals surface area contributed by atoms with Crippen LogP contribution in [0.5, 0.6) is 0 Å². The molecule has 1 atom stereocenters. The molecular weight excluding hydrogens is 283 g/mol. The second-order valence-corrected chi connectivity index (χ2v) is 5.02. The first kappa shape index (κ1) is 14.9. The van der Waals surface area contributed by atoms with Gasteiger partial charge in [-0.05, 0) is 6.07 Å². The first-order valence-corrected chi connectivity index (χ1v) is 6.27. The molecule has 1 amide bonds. The van der Waals surface area contributed by atoms with E-state index in [4.69, 9.17) is 5.11 Å². The van der Waals surface area contributed by atoms with Crippen molar-refractivity contribution in [2.24, 2.45) is 11.8 Å². The summed E-state index contributed by atoms with van der Waals surface area (Å²) in [6.45, 7) is 1.95. The molecule has 1 heterocycles. The second-order valence-electron chi connectivity index (χ2n) is 5.02. The standard InChI is InChI=1S/C13H13FN2O5/c1-7(13(18)19)8-5-15(6-8)12(17)10-4-9(16(20)21)2-3-11(10)14/h2-4,7-8H,5-6H2,1H3,(H,18,19). The molecule has 1 unspecified atom stereocenters. The van der Waals surface area contributed by atoms with Gasteiger partial charge in [-0.15, -0.1) is 0 Å². The molecular formula is C13H13FN2O5. The minimum atomic E-state index is -0.950. The minimum Gasteiger partial charge on any atom is -0.481 e. The van der Waals surface area contributed by atoms with Crippen LogP contribution < -0.4 is 0 Å². The second kappa shape index (κ2) is 5.47. The normalized spacial score (nSPS) is 16.2. The summed E-state index contributed by atoms with van der Waals surface area (Å²) in [4.78, 5) is 34.1. The number of nitrogens with zero attached hydrogens (tertiary/aromatic N) is 2. The lowest BCUT2D eigenvalue weighted by Crippen LogP contribution is -2.53. The van der Waals surface area contributed by atoms with Gasteiger partial charge in [0.05, 0.1) is 16.4 Å². The summed E-state index contributed by atoms with van der Waals surface area (Å²) >= 11 is 0. The quantitative estimate of drug-likeness (QED) is 0.670. The van der Waals surface area contributed by atoms with E-state index in [-0.39, 0.29) is 30.3 Å². The molecule has 1 aliphatic heterocycles. The number of hydrogen-bond donors (Lipinski definition) is 1. The van der Waals surface area contributed by atoms with Gasteiger partial charge in [0, 0.05) is 31.1 Å². The fraction of sp³-hybridized carbons (Fsp3) is 0.385. The smallest absolute Gasteiger partial charge is 0.306 e. The summed E-state index contributed by atoms with van der Waals surface area (Å²) < 4.78 is 13.6. The molecule has 0 aromatic heterocycles. The Kier molecular flexibility index (Phi) is 3.88. The zero-order chi connectivity index (χ0) is 15.7. The molecule has 0 aliphatic carbocycles. The number of likely N-dealkylation sites (tertiary alicyclic amines) is 1. The molecule has 1 aromatic carbocycles. The summed E-state index contributed by atoms with van der Waals surface area (Å²) in [6.07, 6.45) is 0. The molecule has 7 nitrogen and oxygen atoms in total. The Labute approximate surface area is 119 Å². The van der Waals surface area contributed by atoms with Crippen molar-refractivity contribution in [2.45, 2.75) is 6.92 Å². The SMILES string of the molecule is CC(C(=O)O)C1CN(C(=O)c2cc([N+](=O)[O-])ccc2F)C1. The van der Waals surface area contributed by atoms with Gasteiger partial charge >= 0.3 is 5.97 Å². The Morgan fingerprint density at radius 1 is 1.48 bits per heavy atom. The van der Waals surface area contributed by atoms with Gasteiger partial charge in [0.25, 0.3) is 11.6 Å². The zero-order valence-corrected chi connectivity index (χ0v) is 11.2. The van der Waals surface area contributed by atoms with Gasteiger partial charge in [-0.2, -0.15) is 0 Å². The van der Waals surface area contributed by atoms with Crippen LogP contribution in [0.15, 0.2) is 18.2 Å². The first-order valence-electron chi connectivity index (χ1n) is 6.27. The van der Waals surface area contributed by atoms with Crippen molar-refractivity contribution in [3.63, 3.8) is 0 Å². The monoisotopic (exact) mass is 296 g/mol. The highest BCUT2D eigenvalue weighted by molar-refractivity contribution is 5.95. The van der Waals surface area contributed by atoms with E-state index in [1.54, 1.807) is 6.92 Å². The third kappa shape index (κ3) is 2.83. The fourth-order valence-corrected chi connectivity index (χ4v) is 2.16. The molecule has 0 spiro atoms. The molecule has 2 rings (SSSR count). The predicted octanol–water partition coefficient (Wildman–Crippen LogP) is 1.53. The highest BCUT2D eigenvalue weighted by Gasteiger charge is 2.38. The predicted molar refractivity (Wildman–Crippen MR) is 69.2 cm³/mol. The summed E-state index contributed by atoms with van der Waals surface area (Å²) in [6, 6.07) is 2.76. The molecule has 21 heavy (non-hydrogen) atoms. The van der Waals surface area contributed by atoms with E-state index < -0.39 is 28.5 Å². The maximum absolute atomic E-state index is 13.6. The number of carbonyl (C=O) groups excluding carboxylic acids is 1. The van der Waals surface area contributed by atoms with E-state index in [1.165, 1.54) is 4.90 Å². The van der Waals surface area contributed by atoms with Crippen molar-refractivity contribution < 1.29 is 24.0 Å². The van der Waals surface area contributed by atoms with Crippen LogP contribution in [0.1, 0.15) is 17.3 Å². The zero-order valence-electron chi connectivity index (χ0n) is 11.2. The van der Waals surface area contributed by atoms with Gasteiger partial charge in [0.2, 0.25) is 0 Å². The number of non-ortho nitro benzene ring substituents is 1. The summed E-state index contributed by atoms with van der Waals surface area (Å²) in [7, 11) is 0. The van der Waals surface area contributed by atoms with Crippen LogP contribution in [0.25, 0.3) is 0 Å². The molecule has 0 radical (unpaired) electrons. The number of amides is 1. The van der Waals surface area contributed by atoms with Crippen LogP contribution in [-0.2, 0) is 4.79 Å². The number of hydrogen-bond acceptors (Lipinski definition) is 4. The molecule has 112 valence electrons. The average molecular weight is 296 g/mol. The van der Waals surface area contributed by atoms with Gasteiger partial charge in [-0.3, -0.25) is 19.7 Å². The molecule has 8 heteroatoms. The van der Waals surface area contributed by atoms with Crippen LogP contribution in [0.4, 0.5) is 10.1 Å². The van der Waals surface area contributed by atoms with Gasteiger partial charge in [0.15, 0.2) is 0 Å². The Morgan fingerprint density at radius 3 is 2.62 bits per heavy atom. The van der Waals surface area contributed by atoms with E-state index in [0.717, 1.165) is 18.2 Å². The number of benzene rings is 1. The molecule has 0 saturated carbocycles. The van der Waals surface area contributed by atoms with Crippen molar-refractivity contribution in [3.8, 4) is 0 Å². The molecule has 1 aliphatic rings. The van der Waals surface area contributed by atoms with E-state index in [1.807, 2.05) is 0 Å². The molecule has 0 bridgehead atoms. The number of halogens is 1. The highest BCUT2D eigenvalue weighted by Crippen LogP contribution is 2.27. The van der Waals surface area contributed by atoms with Crippen LogP contribution in [0.2, 0.25) is 0 Å². The largest absolute Gasteiger partial charge is 0.481 e. The van der Waals surface area contributed by atoms with Gasteiger partial charge in [0.1, 0.15) is 5.82 Å². The lowest BCUT2D eigenvalue weighted by atomic mass is 9.86. The van der Waals surface area contributed by atoms with Crippen LogP contribution in [-0.4, -0.2) is 39.9 Å². The van der Waals surface area contributed by atoms with Crippen molar-refractivity contribution in [2.75, 3.05) is 13.1 Å². The van der Waals surface area contributed by atoms with Gasteiger partial charge in [-0.1, -0.05) is 6.92 Å². The van der Waals surface area contributed by atoms with Crippen LogP contribution in [0.3, 0.4) is 0 Å². The lowest BCUT2D eigenvalue weighted by Gasteiger charge is -2.41. The number of nitro benzene ring substituents is 1. The summed E-state index contributed by atoms with van der Waals surface area (Å²) in [5.74, 6) is -3.23. The van der Waals surface area contributed by atoms with Crippen molar-refractivity contribution >= 4 is 17.6 Å². The summed E-state index contributed by atoms with van der Waals surface area (Å²) in [5, 5.41) is 19.5.